The average Bonchev–Trinajstić information content (AvgIpc) is 2.89. The van der Waals surface area contributed by atoms with Gasteiger partial charge in [0.25, 0.3) is 0 Å². The topological polar surface area (TPSA) is 73.0 Å². The smallest absolute Gasteiger partial charge is 0.240 e. The molecule has 6 nitrogen and oxygen atoms in total. The fourth-order valence-electron chi connectivity index (χ4n) is 1.32. The van der Waals surface area contributed by atoms with Crippen LogP contribution in [0.25, 0.3) is 0 Å². The molecule has 0 spiro atoms. The van der Waals surface area contributed by atoms with Gasteiger partial charge in [-0.15, -0.1) is 0 Å². The zero-order valence-corrected chi connectivity index (χ0v) is 11.2. The van der Waals surface area contributed by atoms with Crippen molar-refractivity contribution in [3.63, 3.8) is 0 Å². The summed E-state index contributed by atoms with van der Waals surface area (Å²) in [5, 5.41) is 6.90. The Balaban J connectivity index is 1.95. The van der Waals surface area contributed by atoms with Crippen molar-refractivity contribution in [3.05, 3.63) is 24.2 Å². The number of anilines is 1. The zero-order valence-electron chi connectivity index (χ0n) is 10.4. The molecule has 0 unspecified atom stereocenters. The van der Waals surface area contributed by atoms with Gasteiger partial charge in [-0.05, 0) is 13.8 Å². The van der Waals surface area contributed by atoms with Gasteiger partial charge in [0.05, 0.1) is 10.9 Å². The average molecular weight is 266 g/mol. The lowest BCUT2D eigenvalue weighted by Crippen LogP contribution is -2.22. The highest BCUT2D eigenvalue weighted by Gasteiger charge is 2.18. The first-order chi connectivity index (χ1) is 8.56. The van der Waals surface area contributed by atoms with Gasteiger partial charge in [0.2, 0.25) is 11.8 Å². The number of aryl methyl sites for hydroxylation is 2. The minimum Gasteiger partial charge on any atom is -0.338 e. The predicted octanol–water partition coefficient (Wildman–Crippen LogP) is 1.84. The number of imidazole rings is 1. The summed E-state index contributed by atoms with van der Waals surface area (Å²) in [5.41, 5.74) is 0.731. The number of carbonyl (C=O) groups is 1. The standard InChI is InChI=1S/C11H14N4O2S/c1-7-6-9(17-14-7)13-10(16)8(2)18-11-12-4-5-15(11)3/h4-6,8H,1-3H3,(H,13,16)/t8-/m1/s1. The lowest BCUT2D eigenvalue weighted by Gasteiger charge is -2.09. The van der Waals surface area contributed by atoms with Crippen LogP contribution in [0.3, 0.4) is 0 Å². The highest BCUT2D eigenvalue weighted by Crippen LogP contribution is 2.22. The van der Waals surface area contributed by atoms with E-state index in [2.05, 4.69) is 15.5 Å². The Kier molecular flexibility index (Phi) is 3.71. The number of hydrogen-bond acceptors (Lipinski definition) is 5. The molecule has 1 atom stereocenters. The molecule has 2 aromatic rings. The Morgan fingerprint density at radius 2 is 2.39 bits per heavy atom. The first kappa shape index (κ1) is 12.7. The molecule has 2 rings (SSSR count). The monoisotopic (exact) mass is 266 g/mol. The number of thioether (sulfide) groups is 1. The predicted molar refractivity (Wildman–Crippen MR) is 68.4 cm³/mol. The lowest BCUT2D eigenvalue weighted by molar-refractivity contribution is -0.115. The van der Waals surface area contributed by atoms with E-state index in [1.165, 1.54) is 11.8 Å². The largest absolute Gasteiger partial charge is 0.338 e. The molecule has 2 heterocycles. The molecule has 18 heavy (non-hydrogen) atoms. The molecule has 0 aliphatic rings. The van der Waals surface area contributed by atoms with E-state index in [1.807, 2.05) is 24.7 Å². The zero-order chi connectivity index (χ0) is 13.1. The molecule has 0 radical (unpaired) electrons. The van der Waals surface area contributed by atoms with E-state index in [9.17, 15) is 4.79 Å². The van der Waals surface area contributed by atoms with Crippen LogP contribution in [0.2, 0.25) is 0 Å². The molecule has 2 aromatic heterocycles. The molecule has 0 aliphatic heterocycles. The van der Waals surface area contributed by atoms with Gasteiger partial charge in [-0.25, -0.2) is 4.98 Å². The van der Waals surface area contributed by atoms with Gasteiger partial charge in [-0.2, -0.15) is 0 Å². The molecule has 1 N–H and O–H groups in total. The van der Waals surface area contributed by atoms with E-state index >= 15 is 0 Å². The van der Waals surface area contributed by atoms with Crippen LogP contribution in [0, 0.1) is 6.92 Å². The summed E-state index contributed by atoms with van der Waals surface area (Å²) < 4.78 is 6.80. The second-order valence-electron chi connectivity index (χ2n) is 3.90. The Hall–Kier alpha value is -1.76. The molecular formula is C11H14N4O2S. The van der Waals surface area contributed by atoms with Gasteiger partial charge in [-0.3, -0.25) is 10.1 Å². The van der Waals surface area contributed by atoms with Crippen LogP contribution in [0.4, 0.5) is 5.88 Å². The molecule has 0 aromatic carbocycles. The molecule has 7 heteroatoms. The number of hydrogen-bond donors (Lipinski definition) is 1. The van der Waals surface area contributed by atoms with Gasteiger partial charge in [0.15, 0.2) is 5.16 Å². The van der Waals surface area contributed by atoms with Crippen LogP contribution in [0.1, 0.15) is 12.6 Å². The number of carbonyl (C=O) groups excluding carboxylic acids is 1. The number of aromatic nitrogens is 3. The summed E-state index contributed by atoms with van der Waals surface area (Å²) >= 11 is 1.39. The van der Waals surface area contributed by atoms with Crippen molar-refractivity contribution < 1.29 is 9.32 Å². The fraction of sp³-hybridized carbons (Fsp3) is 0.364. The van der Waals surface area contributed by atoms with Crippen molar-refractivity contribution >= 4 is 23.6 Å². The lowest BCUT2D eigenvalue weighted by atomic mass is 10.4. The summed E-state index contributed by atoms with van der Waals surface area (Å²) in [6, 6.07) is 1.68. The van der Waals surface area contributed by atoms with Crippen LogP contribution in [0.5, 0.6) is 0 Å². The van der Waals surface area contributed by atoms with Crippen LogP contribution in [-0.2, 0) is 11.8 Å². The van der Waals surface area contributed by atoms with Crippen molar-refractivity contribution in [1.82, 2.24) is 14.7 Å². The maximum absolute atomic E-state index is 11.9. The van der Waals surface area contributed by atoms with Gasteiger partial charge in [0, 0.05) is 25.5 Å². The van der Waals surface area contributed by atoms with Gasteiger partial charge < -0.3 is 9.09 Å². The van der Waals surface area contributed by atoms with Crippen molar-refractivity contribution in [2.75, 3.05) is 5.32 Å². The van der Waals surface area contributed by atoms with E-state index < -0.39 is 0 Å². The minimum absolute atomic E-state index is 0.140. The molecule has 1 amide bonds. The summed E-state index contributed by atoms with van der Waals surface area (Å²) in [6.07, 6.45) is 3.54. The maximum atomic E-state index is 11.9. The molecule has 0 saturated heterocycles. The van der Waals surface area contributed by atoms with Gasteiger partial charge in [0.1, 0.15) is 0 Å². The molecule has 0 aliphatic carbocycles. The molecule has 0 fully saturated rings. The Labute approximate surface area is 109 Å². The van der Waals surface area contributed by atoms with Crippen LogP contribution < -0.4 is 5.32 Å². The second kappa shape index (κ2) is 5.26. The summed E-state index contributed by atoms with van der Waals surface area (Å²) in [6.45, 7) is 3.61. The molecule has 0 bridgehead atoms. The quantitative estimate of drug-likeness (QED) is 0.855. The van der Waals surface area contributed by atoms with Gasteiger partial charge in [-0.1, -0.05) is 16.9 Å². The van der Waals surface area contributed by atoms with Crippen LogP contribution in [0.15, 0.2) is 28.1 Å². The third-order valence-corrected chi connectivity index (χ3v) is 3.47. The molecular weight excluding hydrogens is 252 g/mol. The summed E-state index contributed by atoms with van der Waals surface area (Å²) in [4.78, 5) is 16.1. The first-order valence-corrected chi connectivity index (χ1v) is 6.32. The Morgan fingerprint density at radius 3 is 2.94 bits per heavy atom. The second-order valence-corrected chi connectivity index (χ2v) is 5.21. The minimum atomic E-state index is -0.267. The first-order valence-electron chi connectivity index (χ1n) is 5.44. The maximum Gasteiger partial charge on any atom is 0.240 e. The van der Waals surface area contributed by atoms with Crippen molar-refractivity contribution in [1.29, 1.82) is 0 Å². The summed E-state index contributed by atoms with van der Waals surface area (Å²) in [5.74, 6) is 0.226. The third-order valence-electron chi connectivity index (χ3n) is 2.30. The van der Waals surface area contributed by atoms with E-state index in [4.69, 9.17) is 4.52 Å². The van der Waals surface area contributed by atoms with Crippen LogP contribution >= 0.6 is 11.8 Å². The van der Waals surface area contributed by atoms with Crippen molar-refractivity contribution in [2.24, 2.45) is 7.05 Å². The van der Waals surface area contributed by atoms with E-state index in [1.54, 1.807) is 19.2 Å². The van der Waals surface area contributed by atoms with Crippen molar-refractivity contribution in [2.45, 2.75) is 24.3 Å². The number of nitrogens with zero attached hydrogens (tertiary/aromatic N) is 3. The number of nitrogens with one attached hydrogen (secondary N) is 1. The van der Waals surface area contributed by atoms with Crippen molar-refractivity contribution in [3.8, 4) is 0 Å². The van der Waals surface area contributed by atoms with Crippen LogP contribution in [-0.4, -0.2) is 25.9 Å². The summed E-state index contributed by atoms with van der Waals surface area (Å²) in [7, 11) is 1.89. The number of amides is 1. The normalized spacial score (nSPS) is 12.4. The van der Waals surface area contributed by atoms with E-state index in [0.717, 1.165) is 10.9 Å². The highest BCUT2D eigenvalue weighted by molar-refractivity contribution is 8.00. The van der Waals surface area contributed by atoms with Gasteiger partial charge >= 0.3 is 0 Å². The fourth-order valence-corrected chi connectivity index (χ4v) is 2.15. The van der Waals surface area contributed by atoms with E-state index in [0.29, 0.717) is 5.88 Å². The van der Waals surface area contributed by atoms with E-state index in [-0.39, 0.29) is 11.2 Å². The Morgan fingerprint density at radius 1 is 1.61 bits per heavy atom. The highest BCUT2D eigenvalue weighted by atomic mass is 32.2. The SMILES string of the molecule is Cc1cc(NC(=O)[C@@H](C)Sc2nccn2C)on1. The molecule has 96 valence electrons. The third kappa shape index (κ3) is 2.92. The Bertz CT molecular complexity index is 549. The number of rotatable bonds is 4. The molecule has 0 saturated carbocycles.